The molecule has 1 rings (SSSR count). The molecule has 0 aliphatic carbocycles. The molecule has 2 amide bonds. The first-order valence-electron chi connectivity index (χ1n) is 4.86. The maximum absolute atomic E-state index is 11.2. The smallest absolute Gasteiger partial charge is 0.334 e. The molecule has 96 valence electrons. The van der Waals surface area contributed by atoms with Gasteiger partial charge in [-0.3, -0.25) is 14.7 Å². The first-order valence-corrected chi connectivity index (χ1v) is 4.86. The Labute approximate surface area is 102 Å². The molecule has 0 spiro atoms. The van der Waals surface area contributed by atoms with Gasteiger partial charge in [-0.2, -0.15) is 4.98 Å². The van der Waals surface area contributed by atoms with Gasteiger partial charge in [0, 0.05) is 18.5 Å². The highest BCUT2D eigenvalue weighted by Crippen LogP contribution is 2.05. The molecule has 0 radical (unpaired) electrons. The van der Waals surface area contributed by atoms with E-state index in [1.54, 1.807) is 0 Å². The molecular formula is C10H12N4O4. The van der Waals surface area contributed by atoms with Crippen LogP contribution in [0.25, 0.3) is 6.20 Å². The van der Waals surface area contributed by atoms with Crippen LogP contribution in [0, 0.1) is 0 Å². The van der Waals surface area contributed by atoms with E-state index in [9.17, 15) is 14.4 Å². The summed E-state index contributed by atoms with van der Waals surface area (Å²) in [7, 11) is 1.24. The number of carbonyl (C=O) groups is 2. The average Bonchev–Trinajstić information content (AvgIpc) is 2.30. The lowest BCUT2D eigenvalue weighted by molar-refractivity contribution is -0.135. The minimum absolute atomic E-state index is 0.0850. The molecule has 3 N–H and O–H groups in total. The summed E-state index contributed by atoms with van der Waals surface area (Å²) in [6.07, 6.45) is 2.69. The third-order valence-electron chi connectivity index (χ3n) is 1.91. The van der Waals surface area contributed by atoms with Gasteiger partial charge < -0.3 is 10.5 Å². The first kappa shape index (κ1) is 13.4. The van der Waals surface area contributed by atoms with Gasteiger partial charge in [0.15, 0.2) is 0 Å². The molecule has 0 atom stereocenters. The van der Waals surface area contributed by atoms with Crippen LogP contribution < -0.4 is 16.6 Å². The van der Waals surface area contributed by atoms with E-state index in [2.05, 4.69) is 15.0 Å². The Bertz CT molecular complexity index is 561. The zero-order valence-corrected chi connectivity index (χ0v) is 9.84. The second-order valence-electron chi connectivity index (χ2n) is 3.29. The largest absolute Gasteiger partial charge is 0.466 e. The quantitative estimate of drug-likeness (QED) is 0.569. The highest BCUT2D eigenvalue weighted by molar-refractivity contribution is 5.91. The van der Waals surface area contributed by atoms with E-state index in [1.165, 1.54) is 37.1 Å². The lowest BCUT2D eigenvalue weighted by Gasteiger charge is -2.08. The number of anilines is 1. The van der Waals surface area contributed by atoms with Crippen LogP contribution in [-0.4, -0.2) is 28.7 Å². The number of amides is 2. The topological polar surface area (TPSA) is 116 Å². The van der Waals surface area contributed by atoms with E-state index in [0.29, 0.717) is 0 Å². The molecule has 1 aromatic rings. The molecule has 8 nitrogen and oxygen atoms in total. The van der Waals surface area contributed by atoms with Crippen LogP contribution in [0.2, 0.25) is 0 Å². The highest BCUT2D eigenvalue weighted by Gasteiger charge is 2.07. The number of urea groups is 1. The van der Waals surface area contributed by atoms with Crippen molar-refractivity contribution in [3.8, 4) is 0 Å². The fourth-order valence-electron chi connectivity index (χ4n) is 1.14. The number of primary amides is 1. The van der Waals surface area contributed by atoms with Crippen LogP contribution in [0.3, 0.4) is 0 Å². The third kappa shape index (κ3) is 3.44. The number of carbonyl (C=O) groups excluding carboxylic acids is 2. The SMILES string of the molecule is COC(=O)C(C)=Cn1ccc(=O)nc1NC(N)=O. The fraction of sp³-hybridized carbons (Fsp3) is 0.200. The molecule has 1 aromatic heterocycles. The van der Waals surface area contributed by atoms with Crippen molar-refractivity contribution >= 4 is 24.1 Å². The molecule has 18 heavy (non-hydrogen) atoms. The standard InChI is InChI=1S/C10H12N4O4/c1-6(8(16)18-2)5-14-4-3-7(15)12-10(14)13-9(11)17/h3-5H,1-2H3,(H3,11,12,13,15,17). The molecule has 0 aliphatic heterocycles. The number of hydrogen-bond donors (Lipinski definition) is 2. The Kier molecular flexibility index (Phi) is 4.19. The predicted octanol–water partition coefficient (Wildman–Crippen LogP) is -0.232. The van der Waals surface area contributed by atoms with E-state index >= 15 is 0 Å². The molecule has 8 heteroatoms. The number of esters is 1. The molecular weight excluding hydrogens is 240 g/mol. The molecule has 0 unspecified atom stereocenters. The molecule has 0 aromatic carbocycles. The Hall–Kier alpha value is -2.64. The number of nitrogens with one attached hydrogen (secondary N) is 1. The minimum atomic E-state index is -0.869. The Balaban J connectivity index is 3.19. The number of nitrogens with zero attached hydrogens (tertiary/aromatic N) is 2. The van der Waals surface area contributed by atoms with Gasteiger partial charge in [0.1, 0.15) is 0 Å². The number of methoxy groups -OCH3 is 1. The van der Waals surface area contributed by atoms with Crippen molar-refractivity contribution in [3.05, 3.63) is 28.2 Å². The maximum atomic E-state index is 11.2. The van der Waals surface area contributed by atoms with Crippen LogP contribution in [0.5, 0.6) is 0 Å². The molecule has 0 aliphatic rings. The van der Waals surface area contributed by atoms with Crippen LogP contribution in [0.15, 0.2) is 22.6 Å². The van der Waals surface area contributed by atoms with Crippen molar-refractivity contribution in [3.63, 3.8) is 0 Å². The fourth-order valence-corrected chi connectivity index (χ4v) is 1.14. The summed E-state index contributed by atoms with van der Waals surface area (Å²) in [6.45, 7) is 1.51. The zero-order chi connectivity index (χ0) is 13.7. The van der Waals surface area contributed by atoms with E-state index in [-0.39, 0.29) is 11.5 Å². The van der Waals surface area contributed by atoms with Gasteiger partial charge in [-0.05, 0) is 6.92 Å². The lowest BCUT2D eigenvalue weighted by Crippen LogP contribution is -2.24. The number of nitrogens with two attached hydrogens (primary N) is 1. The molecule has 0 saturated carbocycles. The lowest BCUT2D eigenvalue weighted by atomic mass is 10.3. The summed E-state index contributed by atoms with van der Waals surface area (Å²) in [5.74, 6) is -0.628. The maximum Gasteiger partial charge on any atom is 0.334 e. The third-order valence-corrected chi connectivity index (χ3v) is 1.91. The van der Waals surface area contributed by atoms with Gasteiger partial charge in [0.2, 0.25) is 5.95 Å². The van der Waals surface area contributed by atoms with Crippen molar-refractivity contribution in [1.29, 1.82) is 0 Å². The van der Waals surface area contributed by atoms with Gasteiger partial charge in [-0.1, -0.05) is 0 Å². The van der Waals surface area contributed by atoms with Crippen molar-refractivity contribution < 1.29 is 14.3 Å². The van der Waals surface area contributed by atoms with Gasteiger partial charge in [0.25, 0.3) is 5.56 Å². The van der Waals surface area contributed by atoms with Crippen LogP contribution in [-0.2, 0) is 9.53 Å². The van der Waals surface area contributed by atoms with Gasteiger partial charge in [-0.15, -0.1) is 0 Å². The Morgan fingerprint density at radius 2 is 2.22 bits per heavy atom. The first-order chi connectivity index (χ1) is 8.43. The van der Waals surface area contributed by atoms with Crippen LogP contribution in [0.1, 0.15) is 6.92 Å². The summed E-state index contributed by atoms with van der Waals surface area (Å²) in [5.41, 5.74) is 4.66. The van der Waals surface area contributed by atoms with Gasteiger partial charge >= 0.3 is 12.0 Å². The summed E-state index contributed by atoms with van der Waals surface area (Å²) in [5, 5.41) is 2.17. The van der Waals surface area contributed by atoms with E-state index < -0.39 is 17.6 Å². The Morgan fingerprint density at radius 3 is 2.78 bits per heavy atom. The number of hydrogen-bond acceptors (Lipinski definition) is 5. The normalized spacial score (nSPS) is 10.9. The average molecular weight is 252 g/mol. The summed E-state index contributed by atoms with van der Waals surface area (Å²) >= 11 is 0. The van der Waals surface area contributed by atoms with Crippen molar-refractivity contribution in [2.24, 2.45) is 5.73 Å². The monoisotopic (exact) mass is 252 g/mol. The van der Waals surface area contributed by atoms with E-state index in [4.69, 9.17) is 5.73 Å². The molecule has 0 fully saturated rings. The van der Waals surface area contributed by atoms with Crippen molar-refractivity contribution in [2.75, 3.05) is 12.4 Å². The van der Waals surface area contributed by atoms with Crippen molar-refractivity contribution in [1.82, 2.24) is 9.55 Å². The van der Waals surface area contributed by atoms with Gasteiger partial charge in [0.05, 0.1) is 12.7 Å². The van der Waals surface area contributed by atoms with E-state index in [0.717, 1.165) is 0 Å². The van der Waals surface area contributed by atoms with Crippen LogP contribution >= 0.6 is 0 Å². The summed E-state index contributed by atoms with van der Waals surface area (Å²) < 4.78 is 5.79. The predicted molar refractivity (Wildman–Crippen MR) is 63.7 cm³/mol. The zero-order valence-electron chi connectivity index (χ0n) is 9.84. The second kappa shape index (κ2) is 5.62. The number of rotatable bonds is 3. The minimum Gasteiger partial charge on any atom is -0.466 e. The second-order valence-corrected chi connectivity index (χ2v) is 3.29. The number of ether oxygens (including phenoxy) is 1. The van der Waals surface area contributed by atoms with Crippen LogP contribution in [0.4, 0.5) is 10.7 Å². The summed E-state index contributed by atoms with van der Waals surface area (Å²) in [4.78, 5) is 36.6. The highest BCUT2D eigenvalue weighted by atomic mass is 16.5. The molecule has 0 bridgehead atoms. The van der Waals surface area contributed by atoms with E-state index in [1.807, 2.05) is 0 Å². The molecule has 1 heterocycles. The van der Waals surface area contributed by atoms with Crippen molar-refractivity contribution in [2.45, 2.75) is 6.92 Å². The Morgan fingerprint density at radius 1 is 1.56 bits per heavy atom. The summed E-state index contributed by atoms with van der Waals surface area (Å²) in [6, 6.07) is 0.304. The molecule has 0 saturated heterocycles. The van der Waals surface area contributed by atoms with Gasteiger partial charge in [-0.25, -0.2) is 9.59 Å². The number of aromatic nitrogens is 2.